The van der Waals surface area contributed by atoms with Crippen LogP contribution in [-0.2, 0) is 38.8 Å². The Morgan fingerprint density at radius 2 is 0.662 bits per heavy atom. The number of pyridine rings is 2. The van der Waals surface area contributed by atoms with Gasteiger partial charge in [0.2, 0.25) is 0 Å². The first-order valence-corrected chi connectivity index (χ1v) is 51.9. The van der Waals surface area contributed by atoms with Crippen LogP contribution >= 0.6 is 100 Å². The second kappa shape index (κ2) is 61.7. The van der Waals surface area contributed by atoms with E-state index < -0.39 is 16.4 Å². The summed E-state index contributed by atoms with van der Waals surface area (Å²) in [6.45, 7) is 1.06. The molecule has 3 amide bonds. The summed E-state index contributed by atoms with van der Waals surface area (Å²) in [5.41, 5.74) is 36.3. The fraction of sp³-hybridized carbons (Fsp3) is 0.0696. The van der Waals surface area contributed by atoms with E-state index >= 15 is 0 Å². The van der Waals surface area contributed by atoms with Crippen molar-refractivity contribution in [1.82, 2.24) is 40.2 Å². The number of nitrogens with two attached hydrogens (primary N) is 3. The van der Waals surface area contributed by atoms with Crippen LogP contribution in [0.1, 0.15) is 71.2 Å². The number of benzene rings is 13. The molecule has 0 aliphatic heterocycles. The Morgan fingerprint density at radius 3 is 0.986 bits per heavy atom. The minimum absolute atomic E-state index is 0. The van der Waals surface area contributed by atoms with Crippen molar-refractivity contribution >= 4 is 157 Å². The highest BCUT2D eigenvalue weighted by Crippen LogP contribution is 2.31. The van der Waals surface area contributed by atoms with Crippen molar-refractivity contribution < 1.29 is 38.5 Å². The summed E-state index contributed by atoms with van der Waals surface area (Å²) in [5, 5.41) is 44.7. The number of halogens is 3. The van der Waals surface area contributed by atoms with E-state index in [2.05, 4.69) is 142 Å². The molecule has 0 fully saturated rings. The minimum atomic E-state index is -0.814. The summed E-state index contributed by atoms with van der Waals surface area (Å²) in [6.07, 6.45) is 9.46. The van der Waals surface area contributed by atoms with E-state index in [0.717, 1.165) is 139 Å². The number of urea groups is 1. The smallest absolute Gasteiger partial charge is 0.415 e. The summed E-state index contributed by atoms with van der Waals surface area (Å²) in [4.78, 5) is 95.8. The molecule has 25 nitrogen and oxygen atoms in total. The topological polar surface area (TPSA) is 377 Å². The van der Waals surface area contributed by atoms with Crippen LogP contribution in [0.25, 0.3) is 56.3 Å². The molecule has 0 saturated carbocycles. The number of para-hydroxylation sites is 2. The molecule has 0 aliphatic carbocycles. The zero-order valence-corrected chi connectivity index (χ0v) is 86.6. The van der Waals surface area contributed by atoms with Crippen LogP contribution in [0.2, 0.25) is 0 Å². The number of ketones is 1. The molecular weight excluding hydrogens is 2110 g/mol. The first kappa shape index (κ1) is 112. The van der Waals surface area contributed by atoms with Gasteiger partial charge in [0.1, 0.15) is 11.5 Å². The second-order valence-electron chi connectivity index (χ2n) is 31.0. The molecule has 7 aromatic heterocycles. The SMILES string of the molecule is C.NCc1ccncc1.Nc1ccc(Cc2nc(-c3ccccc3)cs2)cc1.Nc1nc(-c2ccccc2)cs1.O=C(CBr)c1ccccc1.O=C(Cl)Oc1ccccc1.O=C(NCc1ccncc1)Nc1ccc(Cc2nc(-c3ccccc3)cs2)cc1.O=C(Nc1ccc(Cc2nc(-c3ccccc3)cs2)cc1)Oc1ccccc1.O=[N+]([O-])c1ccc(Br)cc1.O=[N+]([O-])c1ccc(Cc2nc(-c3ccccc3)cs2)cc1. The van der Waals surface area contributed by atoms with Crippen molar-refractivity contribution in [2.45, 2.75) is 46.2 Å². The number of nitrogens with one attached hydrogen (secondary N) is 3. The molecule has 148 heavy (non-hydrogen) atoms. The van der Waals surface area contributed by atoms with E-state index in [9.17, 15) is 39.4 Å². The van der Waals surface area contributed by atoms with E-state index in [1.165, 1.54) is 46.7 Å². The number of nitro groups is 2. The molecule has 20 aromatic rings. The lowest BCUT2D eigenvalue weighted by molar-refractivity contribution is -0.385. The average molecular weight is 2210 g/mol. The Morgan fingerprint density at radius 1 is 0.358 bits per heavy atom. The minimum Gasteiger partial charge on any atom is -0.415 e. The van der Waals surface area contributed by atoms with Crippen molar-refractivity contribution in [2.24, 2.45) is 5.73 Å². The van der Waals surface area contributed by atoms with E-state index in [-0.39, 0.29) is 35.5 Å². The number of thiazole rings is 5. The first-order chi connectivity index (χ1) is 71.7. The van der Waals surface area contributed by atoms with Gasteiger partial charge in [0.05, 0.1) is 63.7 Å². The lowest BCUT2D eigenvalue weighted by atomic mass is 10.1. The molecule has 0 aliphatic rings. The number of carbonyl (C=O) groups is 4. The third-order valence-electron chi connectivity index (χ3n) is 20.4. The molecule has 0 spiro atoms. The Bertz CT molecular complexity index is 7350. The molecule has 9 N–H and O–H groups in total. The molecule has 20 rings (SSSR count). The van der Waals surface area contributed by atoms with Crippen LogP contribution in [0.15, 0.2) is 444 Å². The molecule has 0 radical (unpaired) electrons. The van der Waals surface area contributed by atoms with Crippen molar-refractivity contribution in [3.05, 3.63) is 524 Å². The molecule has 7 heterocycles. The van der Waals surface area contributed by atoms with Gasteiger partial charge in [-0.1, -0.05) is 306 Å². The van der Waals surface area contributed by atoms with E-state index in [0.29, 0.717) is 47.2 Å². The van der Waals surface area contributed by atoms with Crippen molar-refractivity contribution in [1.29, 1.82) is 0 Å². The third-order valence-corrected chi connectivity index (χ3v) is 25.6. The van der Waals surface area contributed by atoms with Crippen LogP contribution in [-0.4, -0.2) is 73.4 Å². The number of aromatic nitrogens is 7. The summed E-state index contributed by atoms with van der Waals surface area (Å²) in [6, 6.07) is 121. The molecule has 13 aromatic carbocycles. The number of ether oxygens (including phenoxy) is 2. The van der Waals surface area contributed by atoms with Crippen LogP contribution in [0, 0.1) is 20.2 Å². The quantitative estimate of drug-likeness (QED) is 0.00817. The number of rotatable bonds is 24. The monoisotopic (exact) mass is 2200 g/mol. The number of nitrogens with zero attached hydrogens (tertiary/aromatic N) is 9. The Hall–Kier alpha value is -16.4. The number of non-ortho nitro benzene ring substituents is 2. The largest absolute Gasteiger partial charge is 0.417 e. The molecule has 33 heteroatoms. The maximum absolute atomic E-state index is 12.1. The number of alkyl halides is 1. The number of nitrogen functional groups attached to an aromatic ring is 2. The highest BCUT2D eigenvalue weighted by Gasteiger charge is 2.15. The highest BCUT2D eigenvalue weighted by molar-refractivity contribution is 9.10. The number of carbonyl (C=O) groups excluding carboxylic acids is 4. The number of amides is 3. The Kier molecular flexibility index (Phi) is 46.6. The van der Waals surface area contributed by atoms with E-state index in [1.807, 2.05) is 266 Å². The van der Waals surface area contributed by atoms with Gasteiger partial charge in [-0.3, -0.25) is 40.3 Å². The van der Waals surface area contributed by atoms with Gasteiger partial charge in [-0.05, 0) is 130 Å². The Balaban J connectivity index is 0.000000163. The standard InChI is InChI=1S/C23H20N4OS.C23H18N2O2S.C16H12N2O2S.C16H14N2S.C9H8N2S.C8H7BrO.C7H5ClO2.C6H4BrNO2.C6H8N2.CH4/c28-23(25-15-18-10-12-24-13-11-18)26-20-8-6-17(7-9-20)14-22-27-21(16-29-22)19-4-2-1-3-5-19;26-23(27-20-9-5-2-6-10-20)24-19-13-11-17(12-14-19)15-22-25-21(16-28-22)18-7-3-1-4-8-18;19-18(20)14-8-6-12(7-9-14)10-16-17-15(11-21-16)13-4-2-1-3-5-13;17-14-8-6-12(7-9-14)10-16-18-15(11-19-16)13-4-2-1-3-5-13;10-9-11-8(6-12-9)7-4-2-1-3-5-7;9-6-8(10)7-4-2-1-3-5-7;8-7(9)10-6-4-2-1-3-5-6;7-5-1-3-6(4-2-5)8(9)10;7-5-6-1-3-8-4-2-6;/h1-13,16H,14-15H2,(H2,25,26,28);1-14,16H,15H2,(H,24,26);1-9,11H,10H2;1-9,11H,10,17H2;1-6H,(H2,10,11);1-5H,6H2;1-5H;1-4H;1-4H,5,7H2;1H4. The van der Waals surface area contributed by atoms with Gasteiger partial charge in [0.25, 0.3) is 11.4 Å². The normalized spacial score (nSPS) is 10.0. The van der Waals surface area contributed by atoms with Gasteiger partial charge in [-0.25, -0.2) is 39.3 Å². The van der Waals surface area contributed by atoms with Gasteiger partial charge in [0, 0.05) is 181 Å². The maximum Gasteiger partial charge on any atom is 0.417 e. The first-order valence-electron chi connectivity index (χ1n) is 45.2. The van der Waals surface area contributed by atoms with Gasteiger partial charge in [0.15, 0.2) is 10.9 Å². The fourth-order valence-electron chi connectivity index (χ4n) is 13.0. The van der Waals surface area contributed by atoms with Gasteiger partial charge >= 0.3 is 17.6 Å². The molecular formula is C115H100Br2ClN15O10S5. The van der Waals surface area contributed by atoms with Crippen LogP contribution < -0.4 is 42.6 Å². The highest BCUT2D eigenvalue weighted by atomic mass is 79.9. The lowest BCUT2D eigenvalue weighted by Crippen LogP contribution is -2.28. The fourth-order valence-corrected chi connectivity index (χ4v) is 17.6. The zero-order chi connectivity index (χ0) is 103. The summed E-state index contributed by atoms with van der Waals surface area (Å²) < 4.78 is 10.6. The number of Topliss-reactive ketones (excluding diaryl/α,β-unsaturated/α-hetero) is 1. The number of hydrogen-bond acceptors (Lipinski definition) is 25. The molecule has 0 unspecified atom stereocenters. The van der Waals surface area contributed by atoms with Crippen molar-refractivity contribution in [2.75, 3.05) is 27.4 Å². The average Bonchev–Trinajstić information content (AvgIpc) is 1.72. The maximum atomic E-state index is 12.1. The summed E-state index contributed by atoms with van der Waals surface area (Å²) >= 11 is 19.3. The van der Waals surface area contributed by atoms with E-state index in [1.54, 1.807) is 131 Å². The zero-order valence-electron chi connectivity index (χ0n) is 78.6. The number of anilines is 4. The predicted octanol–water partition coefficient (Wildman–Crippen LogP) is 30.0. The van der Waals surface area contributed by atoms with Gasteiger partial charge < -0.3 is 37.3 Å². The molecule has 0 atom stereocenters. The number of nitro benzene ring substituents is 2. The summed E-state index contributed by atoms with van der Waals surface area (Å²) in [5.74, 6) is 1.10. The predicted molar refractivity (Wildman–Crippen MR) is 609 cm³/mol. The van der Waals surface area contributed by atoms with Crippen molar-refractivity contribution in [3.63, 3.8) is 0 Å². The van der Waals surface area contributed by atoms with Crippen molar-refractivity contribution in [3.8, 4) is 67.8 Å². The molecule has 746 valence electrons. The molecule has 0 saturated heterocycles. The van der Waals surface area contributed by atoms with Crippen LogP contribution in [0.4, 0.5) is 48.0 Å². The Labute approximate surface area is 899 Å². The van der Waals surface area contributed by atoms with Crippen LogP contribution in [0.3, 0.4) is 0 Å². The molecule has 0 bridgehead atoms. The second-order valence-corrected chi connectivity index (χ2v) is 37.5. The third kappa shape index (κ3) is 40.0. The van der Waals surface area contributed by atoms with E-state index in [4.69, 9.17) is 43.5 Å². The summed E-state index contributed by atoms with van der Waals surface area (Å²) in [7, 11) is 0. The lowest BCUT2D eigenvalue weighted by Gasteiger charge is -2.08. The number of hydrogen-bond donors (Lipinski definition) is 6. The van der Waals surface area contributed by atoms with Gasteiger partial charge in [-0.15, -0.1) is 56.7 Å². The van der Waals surface area contributed by atoms with Crippen LogP contribution in [0.5, 0.6) is 11.5 Å². The van der Waals surface area contributed by atoms with Gasteiger partial charge in [-0.2, -0.15) is 0 Å².